The lowest BCUT2D eigenvalue weighted by atomic mass is 10.2. The van der Waals surface area contributed by atoms with Gasteiger partial charge in [0.25, 0.3) is 0 Å². The molecular weight excluding hydrogens is 319 g/mol. The lowest BCUT2D eigenvalue weighted by Gasteiger charge is -2.23. The second-order valence-corrected chi connectivity index (χ2v) is 6.37. The minimum atomic E-state index is -0.0975. The molecule has 1 saturated carbocycles. The number of hydrogen-bond donors (Lipinski definition) is 1. The third kappa shape index (κ3) is 4.01. The molecule has 3 nitrogen and oxygen atoms in total. The van der Waals surface area contributed by atoms with Gasteiger partial charge in [-0.25, -0.2) is 0 Å². The summed E-state index contributed by atoms with van der Waals surface area (Å²) < 4.78 is 0. The van der Waals surface area contributed by atoms with Crippen LogP contribution in [0.25, 0.3) is 0 Å². The van der Waals surface area contributed by atoms with E-state index in [-0.39, 0.29) is 5.91 Å². The number of benzene rings is 1. The Hall–Kier alpha value is -0.480. The first kappa shape index (κ1) is 15.9. The second-order valence-electron chi connectivity index (χ2n) is 5.15. The highest BCUT2D eigenvalue weighted by Crippen LogP contribution is 2.32. The number of likely N-dealkylation sites (N-methyl/N-ethyl adjacent to an activating group) is 1. The van der Waals surface area contributed by atoms with Gasteiger partial charge < -0.3 is 5.32 Å². The van der Waals surface area contributed by atoms with Crippen LogP contribution in [-0.4, -0.2) is 30.4 Å². The fourth-order valence-electron chi connectivity index (χ4n) is 2.51. The molecule has 0 spiro atoms. The number of hydrogen-bond acceptors (Lipinski definition) is 2. The van der Waals surface area contributed by atoms with Gasteiger partial charge >= 0.3 is 0 Å². The molecule has 1 aliphatic rings. The summed E-state index contributed by atoms with van der Waals surface area (Å²) in [6.45, 7) is 0.348. The van der Waals surface area contributed by atoms with Crippen LogP contribution < -0.4 is 5.32 Å². The minimum Gasteiger partial charge on any atom is -0.324 e. The van der Waals surface area contributed by atoms with Gasteiger partial charge in [0, 0.05) is 6.04 Å². The molecule has 1 N–H and O–H groups in total. The highest BCUT2D eigenvalue weighted by atomic mass is 35.5. The maximum absolute atomic E-state index is 12.0. The molecule has 0 heterocycles. The Kier molecular flexibility index (Phi) is 5.56. The van der Waals surface area contributed by atoms with Crippen molar-refractivity contribution < 1.29 is 4.79 Å². The molecular formula is C14H17Cl3N2O. The molecule has 20 heavy (non-hydrogen) atoms. The van der Waals surface area contributed by atoms with Gasteiger partial charge in [-0.3, -0.25) is 9.69 Å². The predicted molar refractivity (Wildman–Crippen MR) is 85.0 cm³/mol. The number of carbonyl (C=O) groups excluding carboxylic acids is 1. The number of carbonyl (C=O) groups is 1. The summed E-state index contributed by atoms with van der Waals surface area (Å²) in [4.78, 5) is 14.1. The molecule has 1 aromatic rings. The summed E-state index contributed by atoms with van der Waals surface area (Å²) in [6.07, 6.45) is 4.82. The molecule has 0 bridgehead atoms. The average molecular weight is 336 g/mol. The van der Waals surface area contributed by atoms with Crippen molar-refractivity contribution in [2.75, 3.05) is 18.9 Å². The minimum absolute atomic E-state index is 0.0975. The normalized spacial score (nSPS) is 15.8. The standard InChI is InChI=1S/C14H17Cl3N2O/c1-19(9-4-2-3-5-9)8-14(20)18-13-7-11(16)10(15)6-12(13)17/h6-7,9H,2-5,8H2,1H3,(H,18,20). The van der Waals surface area contributed by atoms with Crippen molar-refractivity contribution in [3.8, 4) is 0 Å². The van der Waals surface area contributed by atoms with Crippen LogP contribution in [0.1, 0.15) is 25.7 Å². The Bertz CT molecular complexity index is 501. The Morgan fingerprint density at radius 3 is 2.45 bits per heavy atom. The van der Waals surface area contributed by atoms with Crippen LogP contribution in [0.15, 0.2) is 12.1 Å². The third-order valence-corrected chi connectivity index (χ3v) is 4.66. The fraction of sp³-hybridized carbons (Fsp3) is 0.500. The van der Waals surface area contributed by atoms with Crippen molar-refractivity contribution in [3.05, 3.63) is 27.2 Å². The van der Waals surface area contributed by atoms with E-state index >= 15 is 0 Å². The molecule has 0 atom stereocenters. The number of rotatable bonds is 4. The maximum atomic E-state index is 12.0. The monoisotopic (exact) mass is 334 g/mol. The first-order valence-corrected chi connectivity index (χ1v) is 7.75. The molecule has 110 valence electrons. The quantitative estimate of drug-likeness (QED) is 0.824. The van der Waals surface area contributed by atoms with Gasteiger partial charge in [-0.2, -0.15) is 0 Å². The molecule has 1 fully saturated rings. The van der Waals surface area contributed by atoms with Gasteiger partial charge in [0.15, 0.2) is 0 Å². The van der Waals surface area contributed by atoms with Gasteiger partial charge in [0.1, 0.15) is 0 Å². The molecule has 0 radical (unpaired) electrons. The van der Waals surface area contributed by atoms with Crippen molar-refractivity contribution in [1.29, 1.82) is 0 Å². The number of amides is 1. The average Bonchev–Trinajstić information content (AvgIpc) is 2.89. The first-order chi connectivity index (χ1) is 9.47. The van der Waals surface area contributed by atoms with E-state index in [1.165, 1.54) is 18.9 Å². The first-order valence-electron chi connectivity index (χ1n) is 6.62. The van der Waals surface area contributed by atoms with Crippen molar-refractivity contribution in [1.82, 2.24) is 4.90 Å². The van der Waals surface area contributed by atoms with Crippen molar-refractivity contribution in [2.24, 2.45) is 0 Å². The number of nitrogens with zero attached hydrogens (tertiary/aromatic N) is 1. The number of nitrogens with one attached hydrogen (secondary N) is 1. The Labute approximate surface area is 134 Å². The predicted octanol–water partition coefficient (Wildman–Crippen LogP) is 4.46. The Morgan fingerprint density at radius 2 is 1.80 bits per heavy atom. The van der Waals surface area contributed by atoms with E-state index in [0.29, 0.717) is 33.3 Å². The summed E-state index contributed by atoms with van der Waals surface area (Å²) in [5, 5.41) is 3.91. The van der Waals surface area contributed by atoms with Gasteiger partial charge in [-0.05, 0) is 32.0 Å². The second kappa shape index (κ2) is 6.99. The van der Waals surface area contributed by atoms with E-state index in [2.05, 4.69) is 10.2 Å². The van der Waals surface area contributed by atoms with Crippen LogP contribution in [0.3, 0.4) is 0 Å². The largest absolute Gasteiger partial charge is 0.324 e. The molecule has 1 aliphatic carbocycles. The van der Waals surface area contributed by atoms with E-state index in [1.807, 2.05) is 7.05 Å². The van der Waals surface area contributed by atoms with Crippen LogP contribution in [0.2, 0.25) is 15.1 Å². The smallest absolute Gasteiger partial charge is 0.238 e. The van der Waals surface area contributed by atoms with E-state index < -0.39 is 0 Å². The highest BCUT2D eigenvalue weighted by Gasteiger charge is 2.21. The highest BCUT2D eigenvalue weighted by molar-refractivity contribution is 6.44. The molecule has 1 aromatic carbocycles. The molecule has 0 aliphatic heterocycles. The molecule has 0 unspecified atom stereocenters. The zero-order valence-corrected chi connectivity index (χ0v) is 13.5. The number of anilines is 1. The zero-order valence-electron chi connectivity index (χ0n) is 11.3. The summed E-state index contributed by atoms with van der Waals surface area (Å²) in [6, 6.07) is 3.60. The van der Waals surface area contributed by atoms with Gasteiger partial charge in [0.2, 0.25) is 5.91 Å². The van der Waals surface area contributed by atoms with Crippen LogP contribution in [0, 0.1) is 0 Å². The topological polar surface area (TPSA) is 32.3 Å². The van der Waals surface area contributed by atoms with Crippen LogP contribution in [-0.2, 0) is 4.79 Å². The molecule has 2 rings (SSSR count). The lowest BCUT2D eigenvalue weighted by molar-refractivity contribution is -0.117. The third-order valence-electron chi connectivity index (χ3n) is 3.63. The summed E-state index contributed by atoms with van der Waals surface area (Å²) in [5.74, 6) is -0.0975. The number of halogens is 3. The van der Waals surface area contributed by atoms with E-state index in [1.54, 1.807) is 6.07 Å². The summed E-state index contributed by atoms with van der Waals surface area (Å²) in [7, 11) is 1.98. The molecule has 6 heteroatoms. The summed E-state index contributed by atoms with van der Waals surface area (Å²) in [5.41, 5.74) is 0.492. The van der Waals surface area contributed by atoms with Crippen molar-refractivity contribution in [3.63, 3.8) is 0 Å². The Balaban J connectivity index is 1.95. The van der Waals surface area contributed by atoms with Crippen molar-refractivity contribution >= 4 is 46.4 Å². The molecule has 1 amide bonds. The van der Waals surface area contributed by atoms with Crippen LogP contribution >= 0.6 is 34.8 Å². The van der Waals surface area contributed by atoms with Gasteiger partial charge in [-0.15, -0.1) is 0 Å². The Morgan fingerprint density at radius 1 is 1.20 bits per heavy atom. The van der Waals surface area contributed by atoms with E-state index in [9.17, 15) is 4.79 Å². The van der Waals surface area contributed by atoms with Crippen LogP contribution in [0.4, 0.5) is 5.69 Å². The van der Waals surface area contributed by atoms with Gasteiger partial charge in [-0.1, -0.05) is 47.6 Å². The lowest BCUT2D eigenvalue weighted by Crippen LogP contribution is -2.36. The van der Waals surface area contributed by atoms with Crippen molar-refractivity contribution in [2.45, 2.75) is 31.7 Å². The van der Waals surface area contributed by atoms with E-state index in [0.717, 1.165) is 12.8 Å². The zero-order chi connectivity index (χ0) is 14.7. The maximum Gasteiger partial charge on any atom is 0.238 e. The molecule has 0 aromatic heterocycles. The van der Waals surface area contributed by atoms with E-state index in [4.69, 9.17) is 34.8 Å². The van der Waals surface area contributed by atoms with Gasteiger partial charge in [0.05, 0.1) is 27.3 Å². The SMILES string of the molecule is CN(CC(=O)Nc1cc(Cl)c(Cl)cc1Cl)C1CCCC1. The van der Waals surface area contributed by atoms with Crippen LogP contribution in [0.5, 0.6) is 0 Å². The molecule has 0 saturated heterocycles. The summed E-state index contributed by atoms with van der Waals surface area (Å²) >= 11 is 17.8. The fourth-order valence-corrected chi connectivity index (χ4v) is 3.10.